The van der Waals surface area contributed by atoms with Crippen LogP contribution < -0.4 is 5.32 Å². The fourth-order valence-corrected chi connectivity index (χ4v) is 2.27. The lowest BCUT2D eigenvalue weighted by molar-refractivity contribution is -0.113. The van der Waals surface area contributed by atoms with Crippen LogP contribution in [-0.4, -0.2) is 27.0 Å². The summed E-state index contributed by atoms with van der Waals surface area (Å²) in [6.45, 7) is 1.73. The SMILES string of the molecule is Cc1cc(NC(=O)CSc2nnc(-c3ccc(F)cc3)o2)no1. The van der Waals surface area contributed by atoms with Crippen LogP contribution in [0.25, 0.3) is 11.5 Å². The van der Waals surface area contributed by atoms with Gasteiger partial charge in [-0.3, -0.25) is 4.79 Å². The highest BCUT2D eigenvalue weighted by molar-refractivity contribution is 7.99. The van der Waals surface area contributed by atoms with E-state index >= 15 is 0 Å². The molecule has 0 bridgehead atoms. The molecule has 1 aromatic carbocycles. The number of carbonyl (C=O) groups is 1. The molecular weight excluding hydrogens is 323 g/mol. The number of hydrogen-bond donors (Lipinski definition) is 1. The summed E-state index contributed by atoms with van der Waals surface area (Å²) in [4.78, 5) is 11.8. The number of rotatable bonds is 5. The summed E-state index contributed by atoms with van der Waals surface area (Å²) >= 11 is 1.09. The Hall–Kier alpha value is -2.68. The Balaban J connectivity index is 1.56. The molecule has 118 valence electrons. The van der Waals surface area contributed by atoms with Crippen molar-refractivity contribution in [2.24, 2.45) is 0 Å². The van der Waals surface area contributed by atoms with E-state index in [1.807, 2.05) is 0 Å². The first-order chi connectivity index (χ1) is 11.1. The molecule has 0 fully saturated rings. The van der Waals surface area contributed by atoms with Crippen LogP contribution in [0.5, 0.6) is 0 Å². The second-order valence-electron chi connectivity index (χ2n) is 4.54. The zero-order valence-corrected chi connectivity index (χ0v) is 12.8. The fraction of sp³-hybridized carbons (Fsp3) is 0.143. The van der Waals surface area contributed by atoms with Gasteiger partial charge in [0.05, 0.1) is 5.75 Å². The molecule has 2 aromatic heterocycles. The third-order valence-corrected chi connectivity index (χ3v) is 3.54. The molecule has 23 heavy (non-hydrogen) atoms. The number of halogens is 1. The highest BCUT2D eigenvalue weighted by Crippen LogP contribution is 2.23. The molecule has 0 saturated heterocycles. The number of amides is 1. The predicted molar refractivity (Wildman–Crippen MR) is 80.3 cm³/mol. The van der Waals surface area contributed by atoms with E-state index < -0.39 is 0 Å². The molecule has 0 atom stereocenters. The molecule has 0 radical (unpaired) electrons. The molecular formula is C14H11FN4O3S. The van der Waals surface area contributed by atoms with Gasteiger partial charge in [0, 0.05) is 11.6 Å². The van der Waals surface area contributed by atoms with Crippen LogP contribution in [0.4, 0.5) is 10.2 Å². The molecule has 2 heterocycles. The number of hydrogen-bond acceptors (Lipinski definition) is 7. The van der Waals surface area contributed by atoms with Crippen LogP contribution >= 0.6 is 11.8 Å². The van der Waals surface area contributed by atoms with E-state index in [1.165, 1.54) is 24.3 Å². The summed E-state index contributed by atoms with van der Waals surface area (Å²) in [5.41, 5.74) is 0.605. The van der Waals surface area contributed by atoms with Crippen LogP contribution in [0.1, 0.15) is 5.76 Å². The number of thioether (sulfide) groups is 1. The summed E-state index contributed by atoms with van der Waals surface area (Å²) in [5.74, 6) is 0.684. The van der Waals surface area contributed by atoms with Crippen LogP contribution in [-0.2, 0) is 4.79 Å². The molecule has 3 aromatic rings. The fourth-order valence-electron chi connectivity index (χ4n) is 1.71. The van der Waals surface area contributed by atoms with Crippen molar-refractivity contribution in [2.45, 2.75) is 12.1 Å². The van der Waals surface area contributed by atoms with E-state index in [1.54, 1.807) is 13.0 Å². The lowest BCUT2D eigenvalue weighted by Crippen LogP contribution is -2.14. The average Bonchev–Trinajstić information content (AvgIpc) is 3.15. The minimum absolute atomic E-state index is 0.0803. The Bertz CT molecular complexity index is 816. The first-order valence-corrected chi connectivity index (χ1v) is 7.54. The maximum absolute atomic E-state index is 12.9. The molecule has 0 aliphatic heterocycles. The predicted octanol–water partition coefficient (Wildman–Crippen LogP) is 2.90. The van der Waals surface area contributed by atoms with Gasteiger partial charge >= 0.3 is 0 Å². The lowest BCUT2D eigenvalue weighted by atomic mass is 10.2. The summed E-state index contributed by atoms with van der Waals surface area (Å²) in [5, 5.41) is 14.2. The second kappa shape index (κ2) is 6.61. The van der Waals surface area contributed by atoms with Crippen LogP contribution in [0.15, 0.2) is 44.5 Å². The maximum atomic E-state index is 12.9. The molecule has 9 heteroatoms. The number of nitrogens with one attached hydrogen (secondary N) is 1. The third-order valence-electron chi connectivity index (χ3n) is 2.72. The van der Waals surface area contributed by atoms with Gasteiger partial charge in [-0.1, -0.05) is 16.9 Å². The zero-order chi connectivity index (χ0) is 16.2. The van der Waals surface area contributed by atoms with Gasteiger partial charge in [-0.25, -0.2) is 4.39 Å². The molecule has 1 amide bonds. The molecule has 0 unspecified atom stereocenters. The Kier molecular flexibility index (Phi) is 4.38. The van der Waals surface area contributed by atoms with E-state index in [0.29, 0.717) is 17.1 Å². The van der Waals surface area contributed by atoms with Gasteiger partial charge in [-0.05, 0) is 31.2 Å². The van der Waals surface area contributed by atoms with Crippen molar-refractivity contribution in [3.8, 4) is 11.5 Å². The number of aromatic nitrogens is 3. The Morgan fingerprint density at radius 2 is 2.09 bits per heavy atom. The van der Waals surface area contributed by atoms with E-state index in [0.717, 1.165) is 11.8 Å². The Morgan fingerprint density at radius 3 is 2.78 bits per heavy atom. The van der Waals surface area contributed by atoms with E-state index in [2.05, 4.69) is 20.7 Å². The number of nitrogens with zero attached hydrogens (tertiary/aromatic N) is 3. The standard InChI is InChI=1S/C14H11FN4O3S/c1-8-6-11(19-22-8)16-12(20)7-23-14-18-17-13(21-14)9-2-4-10(15)5-3-9/h2-6H,7H2,1H3,(H,16,19,20). The third kappa shape index (κ3) is 3.95. The van der Waals surface area contributed by atoms with Gasteiger partial charge < -0.3 is 14.3 Å². The molecule has 1 N–H and O–H groups in total. The molecule has 0 spiro atoms. The molecule has 0 aliphatic rings. The topological polar surface area (TPSA) is 94.1 Å². The van der Waals surface area contributed by atoms with E-state index in [9.17, 15) is 9.18 Å². The number of anilines is 1. The van der Waals surface area contributed by atoms with Crippen molar-refractivity contribution in [3.63, 3.8) is 0 Å². The van der Waals surface area contributed by atoms with E-state index in [-0.39, 0.29) is 28.6 Å². The van der Waals surface area contributed by atoms with E-state index in [4.69, 9.17) is 8.94 Å². The minimum atomic E-state index is -0.345. The average molecular weight is 334 g/mol. The van der Waals surface area contributed by atoms with Crippen molar-refractivity contribution >= 4 is 23.5 Å². The van der Waals surface area contributed by atoms with Gasteiger partial charge in [0.25, 0.3) is 5.22 Å². The maximum Gasteiger partial charge on any atom is 0.277 e. The summed E-state index contributed by atoms with van der Waals surface area (Å²) < 4.78 is 23.1. The Morgan fingerprint density at radius 1 is 1.30 bits per heavy atom. The zero-order valence-electron chi connectivity index (χ0n) is 11.9. The summed E-state index contributed by atoms with van der Waals surface area (Å²) in [6, 6.07) is 7.30. The van der Waals surface area contributed by atoms with Crippen molar-refractivity contribution in [1.82, 2.24) is 15.4 Å². The van der Waals surface area contributed by atoms with Crippen molar-refractivity contribution < 1.29 is 18.1 Å². The van der Waals surface area contributed by atoms with Gasteiger partial charge in [-0.15, -0.1) is 10.2 Å². The number of benzene rings is 1. The van der Waals surface area contributed by atoms with Crippen LogP contribution in [0, 0.1) is 12.7 Å². The smallest absolute Gasteiger partial charge is 0.277 e. The first kappa shape index (κ1) is 15.2. The van der Waals surface area contributed by atoms with Crippen LogP contribution in [0.2, 0.25) is 0 Å². The van der Waals surface area contributed by atoms with Crippen molar-refractivity contribution in [3.05, 3.63) is 41.9 Å². The molecule has 3 rings (SSSR count). The van der Waals surface area contributed by atoms with Crippen molar-refractivity contribution in [2.75, 3.05) is 11.1 Å². The Labute approximate surface area is 134 Å². The molecule has 0 saturated carbocycles. The van der Waals surface area contributed by atoms with Crippen molar-refractivity contribution in [1.29, 1.82) is 0 Å². The van der Waals surface area contributed by atoms with Gasteiger partial charge in [-0.2, -0.15) is 0 Å². The molecule has 0 aliphatic carbocycles. The monoisotopic (exact) mass is 334 g/mol. The second-order valence-corrected chi connectivity index (χ2v) is 5.47. The minimum Gasteiger partial charge on any atom is -0.411 e. The lowest BCUT2D eigenvalue weighted by Gasteiger charge is -1.98. The molecule has 7 nitrogen and oxygen atoms in total. The highest BCUT2D eigenvalue weighted by Gasteiger charge is 2.12. The number of aryl methyl sites for hydroxylation is 1. The quantitative estimate of drug-likeness (QED) is 0.717. The number of carbonyl (C=O) groups excluding carboxylic acids is 1. The largest absolute Gasteiger partial charge is 0.411 e. The van der Waals surface area contributed by atoms with Crippen LogP contribution in [0.3, 0.4) is 0 Å². The summed E-state index contributed by atoms with van der Waals surface area (Å²) in [6.07, 6.45) is 0. The van der Waals surface area contributed by atoms with Gasteiger partial charge in [0.2, 0.25) is 11.8 Å². The summed E-state index contributed by atoms with van der Waals surface area (Å²) in [7, 11) is 0. The normalized spacial score (nSPS) is 10.7. The van der Waals surface area contributed by atoms with Gasteiger partial charge in [0.1, 0.15) is 11.6 Å². The van der Waals surface area contributed by atoms with Gasteiger partial charge in [0.15, 0.2) is 5.82 Å². The first-order valence-electron chi connectivity index (χ1n) is 6.55. The highest BCUT2D eigenvalue weighted by atomic mass is 32.2.